The lowest BCUT2D eigenvalue weighted by atomic mass is 10.1. The monoisotopic (exact) mass is 377 g/mol. The van der Waals surface area contributed by atoms with Gasteiger partial charge in [-0.15, -0.1) is 5.10 Å². The molecule has 0 radical (unpaired) electrons. The van der Waals surface area contributed by atoms with Crippen molar-refractivity contribution in [2.45, 2.75) is 27.2 Å². The Kier molecular flexibility index (Phi) is 4.38. The van der Waals surface area contributed by atoms with E-state index >= 15 is 0 Å². The molecule has 0 atom stereocenters. The van der Waals surface area contributed by atoms with Crippen molar-refractivity contribution in [1.29, 1.82) is 0 Å². The normalized spacial score (nSPS) is 11.2. The molecule has 0 saturated heterocycles. The lowest BCUT2D eigenvalue weighted by Gasteiger charge is -2.02. The van der Waals surface area contributed by atoms with E-state index in [1.54, 1.807) is 6.20 Å². The number of nitrogens with one attached hydrogen (secondary N) is 1. The van der Waals surface area contributed by atoms with Gasteiger partial charge in [0.05, 0.1) is 0 Å². The van der Waals surface area contributed by atoms with Gasteiger partial charge in [0.15, 0.2) is 6.61 Å². The van der Waals surface area contributed by atoms with Crippen molar-refractivity contribution in [2.24, 2.45) is 0 Å². The van der Waals surface area contributed by atoms with Crippen LogP contribution in [0.3, 0.4) is 0 Å². The quantitative estimate of drug-likeness (QED) is 0.424. The van der Waals surface area contributed by atoms with E-state index in [2.05, 4.69) is 27.0 Å². The minimum Gasteiger partial charge on any atom is -0.451 e. The molecule has 0 bridgehead atoms. The van der Waals surface area contributed by atoms with E-state index in [1.165, 1.54) is 4.52 Å². The van der Waals surface area contributed by atoms with E-state index in [9.17, 15) is 9.59 Å². The van der Waals surface area contributed by atoms with Crippen molar-refractivity contribution < 1.29 is 14.3 Å². The molecule has 0 aliphatic carbocycles. The number of rotatable bonds is 5. The molecule has 28 heavy (non-hydrogen) atoms. The number of nitrogens with zero attached hydrogens (tertiary/aromatic N) is 4. The van der Waals surface area contributed by atoms with Crippen LogP contribution in [0.25, 0.3) is 16.7 Å². The van der Waals surface area contributed by atoms with Gasteiger partial charge in [-0.05, 0) is 31.9 Å². The highest BCUT2D eigenvalue weighted by atomic mass is 16.5. The van der Waals surface area contributed by atoms with Gasteiger partial charge in [0.1, 0.15) is 0 Å². The fourth-order valence-electron chi connectivity index (χ4n) is 3.27. The van der Waals surface area contributed by atoms with Gasteiger partial charge in [-0.1, -0.05) is 25.1 Å². The van der Waals surface area contributed by atoms with E-state index in [0.29, 0.717) is 11.3 Å². The van der Waals surface area contributed by atoms with Crippen molar-refractivity contribution >= 4 is 28.4 Å². The molecule has 4 rings (SSSR count). The Hall–Kier alpha value is -3.55. The van der Waals surface area contributed by atoms with Crippen LogP contribution >= 0.6 is 0 Å². The molecule has 0 amide bonds. The number of para-hydroxylation sites is 1. The number of Topliss-reactive ketones (excluding diaryl/α,β-unsaturated/α-hetero) is 1. The number of aromatic amines is 1. The average Bonchev–Trinajstić information content (AvgIpc) is 3.30. The second kappa shape index (κ2) is 6.88. The molecule has 8 nitrogen and oxygen atoms in total. The molecule has 142 valence electrons. The summed E-state index contributed by atoms with van der Waals surface area (Å²) in [6.07, 6.45) is 2.51. The average molecular weight is 377 g/mol. The molecule has 3 heterocycles. The Morgan fingerprint density at radius 1 is 1.21 bits per heavy atom. The minimum atomic E-state index is -0.759. The summed E-state index contributed by atoms with van der Waals surface area (Å²) < 4.78 is 6.62. The van der Waals surface area contributed by atoms with Crippen LogP contribution in [-0.2, 0) is 11.2 Å². The highest BCUT2D eigenvalue weighted by Crippen LogP contribution is 2.22. The summed E-state index contributed by atoms with van der Waals surface area (Å²) in [4.78, 5) is 36.3. The van der Waals surface area contributed by atoms with Crippen molar-refractivity contribution in [2.75, 3.05) is 6.61 Å². The molecule has 0 fully saturated rings. The van der Waals surface area contributed by atoms with Gasteiger partial charge in [-0.25, -0.2) is 14.3 Å². The number of aromatic nitrogens is 5. The van der Waals surface area contributed by atoms with Gasteiger partial charge in [-0.2, -0.15) is 4.98 Å². The first kappa shape index (κ1) is 17.8. The predicted molar refractivity (Wildman–Crippen MR) is 103 cm³/mol. The third kappa shape index (κ3) is 3.02. The summed E-state index contributed by atoms with van der Waals surface area (Å²) in [5.41, 5.74) is 4.13. The van der Waals surface area contributed by atoms with Gasteiger partial charge in [0, 0.05) is 34.1 Å². The maximum absolute atomic E-state index is 12.6. The number of ether oxygens (including phenoxy) is 1. The molecular weight excluding hydrogens is 358 g/mol. The first-order valence-corrected chi connectivity index (χ1v) is 8.98. The maximum Gasteiger partial charge on any atom is 0.378 e. The zero-order chi connectivity index (χ0) is 19.8. The number of esters is 1. The Labute approximate surface area is 160 Å². The van der Waals surface area contributed by atoms with Crippen LogP contribution in [0.4, 0.5) is 0 Å². The molecule has 4 aromatic rings. The number of benzene rings is 1. The Balaban J connectivity index is 1.52. The number of hydrogen-bond acceptors (Lipinski definition) is 6. The second-order valence-electron chi connectivity index (χ2n) is 6.58. The van der Waals surface area contributed by atoms with Crippen molar-refractivity contribution in [3.8, 4) is 0 Å². The van der Waals surface area contributed by atoms with Crippen LogP contribution < -0.4 is 0 Å². The molecule has 0 saturated carbocycles. The molecular formula is C20H19N5O3. The Morgan fingerprint density at radius 2 is 2.04 bits per heavy atom. The van der Waals surface area contributed by atoms with E-state index in [4.69, 9.17) is 4.74 Å². The van der Waals surface area contributed by atoms with Crippen LogP contribution in [0.5, 0.6) is 0 Å². The van der Waals surface area contributed by atoms with Crippen LogP contribution in [0, 0.1) is 13.8 Å². The van der Waals surface area contributed by atoms with Gasteiger partial charge in [-0.3, -0.25) is 4.79 Å². The van der Waals surface area contributed by atoms with E-state index in [0.717, 1.165) is 34.3 Å². The number of ketones is 1. The highest BCUT2D eigenvalue weighted by Gasteiger charge is 2.20. The summed E-state index contributed by atoms with van der Waals surface area (Å²) in [6.45, 7) is 5.35. The maximum atomic E-state index is 12.6. The highest BCUT2D eigenvalue weighted by molar-refractivity contribution is 6.09. The Morgan fingerprint density at radius 3 is 2.82 bits per heavy atom. The van der Waals surface area contributed by atoms with Crippen LogP contribution in [0.15, 0.2) is 30.5 Å². The summed E-state index contributed by atoms with van der Waals surface area (Å²) in [7, 11) is 0. The first-order valence-electron chi connectivity index (χ1n) is 8.98. The molecule has 1 aromatic carbocycles. The zero-order valence-corrected chi connectivity index (χ0v) is 15.8. The molecule has 8 heteroatoms. The summed E-state index contributed by atoms with van der Waals surface area (Å²) >= 11 is 0. The third-order valence-electron chi connectivity index (χ3n) is 4.62. The number of hydrogen-bond donors (Lipinski definition) is 1. The first-order chi connectivity index (χ1) is 13.5. The van der Waals surface area contributed by atoms with Gasteiger partial charge < -0.3 is 9.72 Å². The van der Waals surface area contributed by atoms with E-state index in [-0.39, 0.29) is 18.2 Å². The fourth-order valence-corrected chi connectivity index (χ4v) is 3.27. The molecule has 3 aromatic heterocycles. The van der Waals surface area contributed by atoms with Crippen LogP contribution in [0.1, 0.15) is 44.9 Å². The van der Waals surface area contributed by atoms with Crippen molar-refractivity contribution in [3.63, 3.8) is 0 Å². The van der Waals surface area contributed by atoms with Crippen LogP contribution in [-0.4, -0.2) is 42.9 Å². The topological polar surface area (TPSA) is 102 Å². The largest absolute Gasteiger partial charge is 0.451 e. The zero-order valence-electron chi connectivity index (χ0n) is 15.8. The third-order valence-corrected chi connectivity index (χ3v) is 4.62. The van der Waals surface area contributed by atoms with Crippen LogP contribution in [0.2, 0.25) is 0 Å². The van der Waals surface area contributed by atoms with E-state index in [1.807, 2.05) is 38.1 Å². The minimum absolute atomic E-state index is 0.124. The molecule has 1 N–H and O–H groups in total. The van der Waals surface area contributed by atoms with Gasteiger partial charge in [0.25, 0.3) is 11.6 Å². The summed E-state index contributed by atoms with van der Waals surface area (Å²) in [6, 6.07) is 7.64. The number of carbonyl (C=O) groups excluding carboxylic acids is 2. The van der Waals surface area contributed by atoms with E-state index < -0.39 is 5.97 Å². The molecule has 0 spiro atoms. The smallest absolute Gasteiger partial charge is 0.378 e. The predicted octanol–water partition coefficient (Wildman–Crippen LogP) is 2.82. The number of H-pyrrole nitrogens is 1. The standard InChI is InChI=1S/C20H19N5O3/c1-4-13-6-5-7-14-15(9-21-17(13)14)16(26)10-28-19(27)18-23-20-22-11(2)8-12(3)25(20)24-18/h5-9,21H,4,10H2,1-3H3. The molecule has 0 aliphatic rings. The SMILES string of the molecule is CCc1cccc2c(C(=O)COC(=O)c3nc4nc(C)cc(C)n4n3)c[nH]c12. The second-order valence-corrected chi connectivity index (χ2v) is 6.58. The lowest BCUT2D eigenvalue weighted by Crippen LogP contribution is -2.15. The molecule has 0 unspecified atom stereocenters. The number of carbonyl (C=O) groups is 2. The number of aryl methyl sites for hydroxylation is 3. The fraction of sp³-hybridized carbons (Fsp3) is 0.250. The van der Waals surface area contributed by atoms with Gasteiger partial charge >= 0.3 is 5.97 Å². The van der Waals surface area contributed by atoms with Gasteiger partial charge in [0.2, 0.25) is 5.78 Å². The lowest BCUT2D eigenvalue weighted by molar-refractivity contribution is 0.0463. The number of fused-ring (bicyclic) bond motifs is 2. The summed E-state index contributed by atoms with van der Waals surface area (Å²) in [5.74, 6) is -0.854. The summed E-state index contributed by atoms with van der Waals surface area (Å²) in [5, 5.41) is 4.94. The molecule has 0 aliphatic heterocycles. The van der Waals surface area contributed by atoms with Crippen molar-refractivity contribution in [1.82, 2.24) is 24.6 Å². The van der Waals surface area contributed by atoms with Crippen molar-refractivity contribution in [3.05, 3.63) is 58.8 Å². The Bertz CT molecular complexity index is 1220.